The minimum Gasteiger partial charge on any atom is -0.399 e. The van der Waals surface area contributed by atoms with E-state index in [0.717, 1.165) is 18.3 Å². The summed E-state index contributed by atoms with van der Waals surface area (Å²) < 4.78 is 2.23. The Balaban J connectivity index is 1.85. The zero-order valence-electron chi connectivity index (χ0n) is 10.2. The lowest BCUT2D eigenvalue weighted by Crippen LogP contribution is -2.34. The highest BCUT2D eigenvalue weighted by atomic mass is 15.0. The van der Waals surface area contributed by atoms with E-state index in [-0.39, 0.29) is 0 Å². The van der Waals surface area contributed by atoms with Crippen LogP contribution in [0, 0.1) is 0 Å². The molecule has 1 aromatic carbocycles. The molecule has 0 saturated heterocycles. The molecule has 1 saturated carbocycles. The zero-order chi connectivity index (χ0) is 11.8. The first kappa shape index (κ1) is 10.7. The van der Waals surface area contributed by atoms with Crippen molar-refractivity contribution in [2.24, 2.45) is 7.05 Å². The number of aryl methyl sites for hydroxylation is 1. The summed E-state index contributed by atoms with van der Waals surface area (Å²) in [5.74, 6) is 0. The van der Waals surface area contributed by atoms with E-state index in [1.165, 1.54) is 35.9 Å². The average molecular weight is 229 g/mol. The summed E-state index contributed by atoms with van der Waals surface area (Å²) in [6.45, 7) is 0.954. The van der Waals surface area contributed by atoms with Crippen molar-refractivity contribution >= 4 is 16.6 Å². The highest BCUT2D eigenvalue weighted by Gasteiger charge is 2.17. The molecule has 1 heterocycles. The molecule has 3 heteroatoms. The molecule has 0 amide bonds. The van der Waals surface area contributed by atoms with Crippen molar-refractivity contribution in [1.82, 2.24) is 9.88 Å². The van der Waals surface area contributed by atoms with Crippen LogP contribution in [-0.2, 0) is 13.6 Å². The summed E-state index contributed by atoms with van der Waals surface area (Å²) in [7, 11) is 2.11. The number of anilines is 1. The molecule has 90 valence electrons. The molecule has 0 unspecified atom stereocenters. The second-order valence-electron chi connectivity index (χ2n) is 5.02. The summed E-state index contributed by atoms with van der Waals surface area (Å²) in [5.41, 5.74) is 9.21. The SMILES string of the molecule is Cn1c(CNC2CCC2)cc2ccc(N)cc21. The van der Waals surface area contributed by atoms with E-state index in [9.17, 15) is 0 Å². The van der Waals surface area contributed by atoms with Gasteiger partial charge >= 0.3 is 0 Å². The van der Waals surface area contributed by atoms with E-state index in [0.29, 0.717) is 0 Å². The van der Waals surface area contributed by atoms with E-state index >= 15 is 0 Å². The Morgan fingerprint density at radius 2 is 2.18 bits per heavy atom. The molecular formula is C14H19N3. The molecule has 0 atom stereocenters. The summed E-state index contributed by atoms with van der Waals surface area (Å²) in [5, 5.41) is 4.87. The molecule has 1 aliphatic carbocycles. The summed E-state index contributed by atoms with van der Waals surface area (Å²) >= 11 is 0. The molecule has 3 nitrogen and oxygen atoms in total. The first-order valence-electron chi connectivity index (χ1n) is 6.31. The number of aromatic nitrogens is 1. The lowest BCUT2D eigenvalue weighted by Gasteiger charge is -2.26. The first-order valence-corrected chi connectivity index (χ1v) is 6.31. The van der Waals surface area contributed by atoms with Crippen LogP contribution in [0.3, 0.4) is 0 Å². The van der Waals surface area contributed by atoms with Gasteiger partial charge in [-0.2, -0.15) is 0 Å². The highest BCUT2D eigenvalue weighted by Crippen LogP contribution is 2.22. The van der Waals surface area contributed by atoms with E-state index in [1.54, 1.807) is 0 Å². The van der Waals surface area contributed by atoms with Gasteiger partial charge in [-0.15, -0.1) is 0 Å². The topological polar surface area (TPSA) is 43.0 Å². The van der Waals surface area contributed by atoms with Crippen molar-refractivity contribution in [2.45, 2.75) is 31.8 Å². The van der Waals surface area contributed by atoms with Gasteiger partial charge in [0.2, 0.25) is 0 Å². The monoisotopic (exact) mass is 229 g/mol. The fraction of sp³-hybridized carbons (Fsp3) is 0.429. The predicted molar refractivity (Wildman–Crippen MR) is 71.8 cm³/mol. The van der Waals surface area contributed by atoms with Crippen LogP contribution in [0.15, 0.2) is 24.3 Å². The summed E-state index contributed by atoms with van der Waals surface area (Å²) in [6, 6.07) is 9.09. The minimum atomic E-state index is 0.734. The lowest BCUT2D eigenvalue weighted by atomic mass is 9.93. The van der Waals surface area contributed by atoms with Crippen molar-refractivity contribution in [3.8, 4) is 0 Å². The second kappa shape index (κ2) is 4.08. The van der Waals surface area contributed by atoms with Crippen LogP contribution in [0.2, 0.25) is 0 Å². The molecule has 0 spiro atoms. The fourth-order valence-electron chi connectivity index (χ4n) is 2.44. The van der Waals surface area contributed by atoms with Crippen LogP contribution >= 0.6 is 0 Å². The molecule has 1 aromatic heterocycles. The van der Waals surface area contributed by atoms with Crippen molar-refractivity contribution in [3.05, 3.63) is 30.0 Å². The van der Waals surface area contributed by atoms with Crippen molar-refractivity contribution in [3.63, 3.8) is 0 Å². The molecule has 0 radical (unpaired) electrons. The van der Waals surface area contributed by atoms with Gasteiger partial charge in [-0.25, -0.2) is 0 Å². The molecular weight excluding hydrogens is 210 g/mol. The van der Waals surface area contributed by atoms with E-state index in [4.69, 9.17) is 5.73 Å². The number of hydrogen-bond acceptors (Lipinski definition) is 2. The average Bonchev–Trinajstić information content (AvgIpc) is 2.55. The maximum atomic E-state index is 5.83. The number of hydrogen-bond donors (Lipinski definition) is 2. The van der Waals surface area contributed by atoms with Crippen LogP contribution in [0.25, 0.3) is 10.9 Å². The van der Waals surface area contributed by atoms with Gasteiger partial charge in [0.1, 0.15) is 0 Å². The molecule has 0 aliphatic heterocycles. The second-order valence-corrected chi connectivity index (χ2v) is 5.02. The third kappa shape index (κ3) is 1.91. The van der Waals surface area contributed by atoms with Gasteiger partial charge in [0.05, 0.1) is 5.52 Å². The van der Waals surface area contributed by atoms with Crippen LogP contribution in [0.5, 0.6) is 0 Å². The number of nitrogen functional groups attached to an aromatic ring is 1. The Kier molecular flexibility index (Phi) is 2.56. The van der Waals surface area contributed by atoms with Crippen LogP contribution in [-0.4, -0.2) is 10.6 Å². The van der Waals surface area contributed by atoms with E-state index in [2.05, 4.69) is 29.1 Å². The largest absolute Gasteiger partial charge is 0.399 e. The molecule has 1 aliphatic rings. The Labute approximate surface area is 102 Å². The Morgan fingerprint density at radius 3 is 2.88 bits per heavy atom. The standard InChI is InChI=1S/C14H19N3/c1-17-13(9-16-12-3-2-4-12)7-10-5-6-11(15)8-14(10)17/h5-8,12,16H,2-4,9,15H2,1H3. The van der Waals surface area contributed by atoms with Gasteiger partial charge in [-0.3, -0.25) is 0 Å². The van der Waals surface area contributed by atoms with Crippen LogP contribution < -0.4 is 11.1 Å². The molecule has 17 heavy (non-hydrogen) atoms. The number of nitrogens with one attached hydrogen (secondary N) is 1. The summed E-state index contributed by atoms with van der Waals surface area (Å²) in [4.78, 5) is 0. The maximum Gasteiger partial charge on any atom is 0.0500 e. The summed E-state index contributed by atoms with van der Waals surface area (Å²) in [6.07, 6.45) is 4.04. The van der Waals surface area contributed by atoms with Gasteiger partial charge in [0.15, 0.2) is 0 Å². The van der Waals surface area contributed by atoms with Gasteiger partial charge in [-0.1, -0.05) is 12.5 Å². The molecule has 2 aromatic rings. The van der Waals surface area contributed by atoms with Gasteiger partial charge in [-0.05, 0) is 31.0 Å². The third-order valence-corrected chi connectivity index (χ3v) is 3.85. The molecule has 3 N–H and O–H groups in total. The van der Waals surface area contributed by atoms with E-state index < -0.39 is 0 Å². The number of rotatable bonds is 3. The maximum absolute atomic E-state index is 5.83. The van der Waals surface area contributed by atoms with Gasteiger partial charge < -0.3 is 15.6 Å². The van der Waals surface area contributed by atoms with Crippen LogP contribution in [0.4, 0.5) is 5.69 Å². The van der Waals surface area contributed by atoms with Gasteiger partial charge in [0, 0.05) is 36.4 Å². The van der Waals surface area contributed by atoms with Gasteiger partial charge in [0.25, 0.3) is 0 Å². The van der Waals surface area contributed by atoms with E-state index in [1.807, 2.05) is 12.1 Å². The first-order chi connectivity index (χ1) is 8.24. The molecule has 3 rings (SSSR count). The predicted octanol–water partition coefficient (Wildman–Crippen LogP) is 2.40. The highest BCUT2D eigenvalue weighted by molar-refractivity contribution is 5.84. The Hall–Kier alpha value is -1.48. The quantitative estimate of drug-likeness (QED) is 0.794. The normalized spacial score (nSPS) is 16.3. The Morgan fingerprint density at radius 1 is 1.35 bits per heavy atom. The lowest BCUT2D eigenvalue weighted by molar-refractivity contribution is 0.336. The smallest absolute Gasteiger partial charge is 0.0500 e. The minimum absolute atomic E-state index is 0.734. The Bertz CT molecular complexity index is 538. The third-order valence-electron chi connectivity index (χ3n) is 3.85. The fourth-order valence-corrected chi connectivity index (χ4v) is 2.44. The van der Waals surface area contributed by atoms with Crippen molar-refractivity contribution in [1.29, 1.82) is 0 Å². The number of benzene rings is 1. The molecule has 0 bridgehead atoms. The van der Waals surface area contributed by atoms with Crippen LogP contribution in [0.1, 0.15) is 25.0 Å². The molecule has 1 fully saturated rings. The number of nitrogens with two attached hydrogens (primary N) is 1. The van der Waals surface area contributed by atoms with Crippen molar-refractivity contribution < 1.29 is 0 Å². The number of nitrogens with zero attached hydrogens (tertiary/aromatic N) is 1. The number of fused-ring (bicyclic) bond motifs is 1. The zero-order valence-corrected chi connectivity index (χ0v) is 10.2. The van der Waals surface area contributed by atoms with Crippen molar-refractivity contribution in [2.75, 3.05) is 5.73 Å².